The van der Waals surface area contributed by atoms with Crippen LogP contribution in [0.25, 0.3) is 0 Å². The van der Waals surface area contributed by atoms with Crippen molar-refractivity contribution < 1.29 is 26.2 Å². The van der Waals surface area contributed by atoms with Gasteiger partial charge in [-0.25, -0.2) is 8.42 Å². The smallest absolute Gasteiger partial charge is 0.294 e. The minimum Gasteiger partial charge on any atom is -0.347 e. The number of carbonyl (C=O) groups is 1. The number of nitrogens with zero attached hydrogens (tertiary/aromatic N) is 1. The highest BCUT2D eigenvalue weighted by molar-refractivity contribution is 7.92. The molecule has 0 spiro atoms. The summed E-state index contributed by atoms with van der Waals surface area (Å²) in [7, 11) is -5.50. The standard InChI is InChI=1S/C27H29F2N3O4S2/c1-18(2)27(28,29)19-4-9-23(32-38(35,36)21-7-5-20(6-8-21)37(3)34)22(16-19)24(33)31-26-13-10-25(17-30,11-14-26)12-15-26/h4-9,16,32H,1,10-15H2,2-3H3,(H,31,33). The van der Waals surface area contributed by atoms with Gasteiger partial charge in [0, 0.05) is 33.1 Å². The predicted molar refractivity (Wildman–Crippen MR) is 141 cm³/mol. The number of hydrogen-bond donors (Lipinski definition) is 2. The van der Waals surface area contributed by atoms with Crippen LogP contribution in [-0.4, -0.2) is 30.3 Å². The first-order valence-electron chi connectivity index (χ1n) is 12.1. The van der Waals surface area contributed by atoms with E-state index < -0.39 is 49.3 Å². The quantitative estimate of drug-likeness (QED) is 0.428. The van der Waals surface area contributed by atoms with E-state index in [-0.39, 0.29) is 21.6 Å². The van der Waals surface area contributed by atoms with Crippen molar-refractivity contribution in [1.82, 2.24) is 5.32 Å². The van der Waals surface area contributed by atoms with Crippen molar-refractivity contribution in [3.8, 4) is 6.07 Å². The predicted octanol–water partition coefficient (Wildman–Crippen LogP) is 5.24. The second-order valence-electron chi connectivity index (χ2n) is 10.3. The zero-order chi connectivity index (χ0) is 27.9. The fourth-order valence-electron chi connectivity index (χ4n) is 5.13. The minimum absolute atomic E-state index is 0.139. The Labute approximate surface area is 223 Å². The van der Waals surface area contributed by atoms with Crippen LogP contribution in [0, 0.1) is 16.7 Å². The average Bonchev–Trinajstić information content (AvgIpc) is 2.89. The van der Waals surface area contributed by atoms with E-state index in [1.54, 1.807) is 0 Å². The number of benzene rings is 2. The molecule has 1 unspecified atom stereocenters. The zero-order valence-corrected chi connectivity index (χ0v) is 22.8. The van der Waals surface area contributed by atoms with Crippen LogP contribution in [-0.2, 0) is 26.7 Å². The summed E-state index contributed by atoms with van der Waals surface area (Å²) >= 11 is 0. The minimum atomic E-state index is -4.20. The van der Waals surface area contributed by atoms with Gasteiger partial charge in [0.25, 0.3) is 21.9 Å². The van der Waals surface area contributed by atoms with Crippen LogP contribution in [0.2, 0.25) is 0 Å². The first-order valence-corrected chi connectivity index (χ1v) is 15.2. The highest BCUT2D eigenvalue weighted by atomic mass is 32.2. The molecular weight excluding hydrogens is 532 g/mol. The van der Waals surface area contributed by atoms with E-state index in [0.717, 1.165) is 18.2 Å². The Balaban J connectivity index is 1.69. The van der Waals surface area contributed by atoms with Gasteiger partial charge in [-0.05, 0) is 87.4 Å². The van der Waals surface area contributed by atoms with E-state index >= 15 is 0 Å². The van der Waals surface area contributed by atoms with Crippen LogP contribution in [0.15, 0.2) is 64.4 Å². The summed E-state index contributed by atoms with van der Waals surface area (Å²) in [5.41, 5.74) is -2.25. The largest absolute Gasteiger partial charge is 0.347 e. The van der Waals surface area contributed by atoms with Gasteiger partial charge in [0.1, 0.15) is 0 Å². The lowest BCUT2D eigenvalue weighted by Gasteiger charge is -2.50. The summed E-state index contributed by atoms with van der Waals surface area (Å²) in [4.78, 5) is 13.8. The Morgan fingerprint density at radius 1 is 1.08 bits per heavy atom. The fraction of sp³-hybridized carbons (Fsp3) is 0.407. The van der Waals surface area contributed by atoms with Crippen LogP contribution in [0.1, 0.15) is 61.4 Å². The molecule has 2 N–H and O–H groups in total. The molecule has 1 amide bonds. The molecule has 38 heavy (non-hydrogen) atoms. The van der Waals surface area contributed by atoms with Gasteiger partial charge >= 0.3 is 0 Å². The number of hydrogen-bond acceptors (Lipinski definition) is 5. The van der Waals surface area contributed by atoms with Gasteiger partial charge in [0.05, 0.1) is 27.6 Å². The number of halogens is 2. The van der Waals surface area contributed by atoms with Crippen LogP contribution in [0.3, 0.4) is 0 Å². The molecule has 0 heterocycles. The number of nitriles is 1. The second kappa shape index (κ2) is 9.89. The van der Waals surface area contributed by atoms with Gasteiger partial charge in [-0.1, -0.05) is 12.6 Å². The summed E-state index contributed by atoms with van der Waals surface area (Å²) < 4.78 is 69.9. The molecule has 7 nitrogen and oxygen atoms in total. The van der Waals surface area contributed by atoms with E-state index in [9.17, 15) is 31.5 Å². The summed E-state index contributed by atoms with van der Waals surface area (Å²) in [6.07, 6.45) is 5.12. The van der Waals surface area contributed by atoms with E-state index in [2.05, 4.69) is 22.7 Å². The third-order valence-electron chi connectivity index (χ3n) is 7.74. The molecule has 0 radical (unpaired) electrons. The first-order chi connectivity index (χ1) is 17.7. The number of sulfonamides is 1. The number of rotatable bonds is 8. The normalized spacial score (nSPS) is 23.8. The molecule has 3 aliphatic rings. The Morgan fingerprint density at radius 2 is 1.66 bits per heavy atom. The van der Waals surface area contributed by atoms with Crippen molar-refractivity contribution in [2.75, 3.05) is 11.0 Å². The van der Waals surface area contributed by atoms with Gasteiger partial charge < -0.3 is 5.32 Å². The lowest BCUT2D eigenvalue weighted by Crippen LogP contribution is -2.56. The van der Waals surface area contributed by atoms with Crippen LogP contribution in [0.5, 0.6) is 0 Å². The molecule has 3 aliphatic carbocycles. The molecule has 202 valence electrons. The molecule has 2 bridgehead atoms. The van der Waals surface area contributed by atoms with Crippen molar-refractivity contribution in [3.63, 3.8) is 0 Å². The van der Waals surface area contributed by atoms with Gasteiger partial charge in [-0.15, -0.1) is 0 Å². The number of alkyl halides is 2. The molecule has 2 aromatic carbocycles. The SMILES string of the molecule is C=C(C)C(F)(F)c1ccc(NS(=O)(=O)c2ccc(S(C)=O)cc2)c(C(=O)NC23CCC(C#N)(CC2)CC3)c1. The number of nitrogens with one attached hydrogen (secondary N) is 2. The first kappa shape index (κ1) is 27.9. The number of amides is 1. The maximum absolute atomic E-state index is 14.8. The average molecular weight is 562 g/mol. The molecular formula is C27H29F2N3O4S2. The van der Waals surface area contributed by atoms with E-state index in [1.165, 1.54) is 37.4 Å². The lowest BCUT2D eigenvalue weighted by atomic mass is 9.58. The number of carbonyl (C=O) groups excluding carboxylic acids is 1. The van der Waals surface area contributed by atoms with E-state index in [4.69, 9.17) is 0 Å². The van der Waals surface area contributed by atoms with Gasteiger partial charge in [-0.2, -0.15) is 14.0 Å². The molecule has 0 aliphatic heterocycles. The molecule has 0 saturated heterocycles. The maximum Gasteiger partial charge on any atom is 0.294 e. The molecule has 11 heteroatoms. The van der Waals surface area contributed by atoms with Crippen molar-refractivity contribution in [1.29, 1.82) is 5.26 Å². The number of fused-ring (bicyclic) bond motifs is 3. The molecule has 3 saturated carbocycles. The third-order valence-corrected chi connectivity index (χ3v) is 10.1. The lowest BCUT2D eigenvalue weighted by molar-refractivity contribution is 0.0384. The Kier molecular flexibility index (Phi) is 7.27. The summed E-state index contributed by atoms with van der Waals surface area (Å²) in [6.45, 7) is 4.52. The third kappa shape index (κ3) is 5.24. The molecule has 5 rings (SSSR count). The molecule has 2 aromatic rings. The Bertz CT molecular complexity index is 1440. The van der Waals surface area contributed by atoms with Gasteiger partial charge in [0.2, 0.25) is 0 Å². The van der Waals surface area contributed by atoms with Crippen LogP contribution >= 0.6 is 0 Å². The van der Waals surface area contributed by atoms with Crippen LogP contribution in [0.4, 0.5) is 14.5 Å². The summed E-state index contributed by atoms with van der Waals surface area (Å²) in [5.74, 6) is -4.11. The van der Waals surface area contributed by atoms with Crippen LogP contribution < -0.4 is 10.0 Å². The van der Waals surface area contributed by atoms with Crippen molar-refractivity contribution in [3.05, 3.63) is 65.7 Å². The fourth-order valence-corrected chi connectivity index (χ4v) is 6.73. The summed E-state index contributed by atoms with van der Waals surface area (Å²) in [5, 5.41) is 12.5. The van der Waals surface area contributed by atoms with E-state index in [1.807, 2.05) is 0 Å². The van der Waals surface area contributed by atoms with Crippen molar-refractivity contribution in [2.45, 2.75) is 66.7 Å². The Hall–Kier alpha value is -3.10. The van der Waals surface area contributed by atoms with Crippen molar-refractivity contribution >= 4 is 32.4 Å². The van der Waals surface area contributed by atoms with Gasteiger partial charge in [-0.3, -0.25) is 13.7 Å². The summed E-state index contributed by atoms with van der Waals surface area (Å²) in [6, 6.07) is 11.0. The molecule has 1 atom stereocenters. The Morgan fingerprint density at radius 3 is 2.16 bits per heavy atom. The molecule has 0 aromatic heterocycles. The highest BCUT2D eigenvalue weighted by Crippen LogP contribution is 2.52. The van der Waals surface area contributed by atoms with Crippen molar-refractivity contribution in [2.24, 2.45) is 5.41 Å². The zero-order valence-electron chi connectivity index (χ0n) is 21.1. The number of allylic oxidation sites excluding steroid dienone is 1. The second-order valence-corrected chi connectivity index (χ2v) is 13.3. The van der Waals surface area contributed by atoms with Gasteiger partial charge in [0.15, 0.2) is 0 Å². The molecule has 3 fully saturated rings. The number of anilines is 1. The topological polar surface area (TPSA) is 116 Å². The van der Waals surface area contributed by atoms with E-state index in [0.29, 0.717) is 43.4 Å². The highest BCUT2D eigenvalue weighted by Gasteiger charge is 2.49. The maximum atomic E-state index is 14.8. The monoisotopic (exact) mass is 561 g/mol.